The van der Waals surface area contributed by atoms with Crippen molar-refractivity contribution in [2.45, 2.75) is 355 Å². The highest BCUT2D eigenvalue weighted by atomic mass is 31.2. The van der Waals surface area contributed by atoms with E-state index >= 15 is 0 Å². The summed E-state index contributed by atoms with van der Waals surface area (Å²) in [5, 5.41) is 10.5. The molecule has 0 aliphatic carbocycles. The minimum atomic E-state index is -4.95. The molecule has 0 saturated carbocycles. The molecule has 0 aromatic carbocycles. The first kappa shape index (κ1) is 84.1. The monoisotopic (exact) mass is 1270 g/mol. The zero-order valence-electron chi connectivity index (χ0n) is 55.6. The summed E-state index contributed by atoms with van der Waals surface area (Å²) in [4.78, 5) is 72.1. The second kappa shape index (κ2) is 59.4. The smallest absolute Gasteiger partial charge is 0.462 e. The first-order chi connectivity index (χ1) is 41.4. The first-order valence-electron chi connectivity index (χ1n) is 35.0. The molecule has 2 unspecified atom stereocenters. The fraction of sp³-hybridized carbons (Fsp3) is 0.940. The molecule has 0 rings (SSSR count). The van der Waals surface area contributed by atoms with Crippen molar-refractivity contribution in [3.8, 4) is 0 Å². The van der Waals surface area contributed by atoms with Crippen molar-refractivity contribution in [3.63, 3.8) is 0 Å². The Balaban J connectivity index is 5.17. The van der Waals surface area contributed by atoms with E-state index in [0.717, 1.165) is 102 Å². The number of carbonyl (C=O) groups is 4. The van der Waals surface area contributed by atoms with Crippen LogP contribution < -0.4 is 0 Å². The number of carbonyl (C=O) groups excluding carboxylic acids is 4. The Bertz CT molecular complexity index is 1680. The Labute approximate surface area is 524 Å². The normalized spacial score (nSPS) is 14.2. The summed E-state index contributed by atoms with van der Waals surface area (Å²) in [5.41, 5.74) is 0. The zero-order chi connectivity index (χ0) is 63.6. The third kappa shape index (κ3) is 60.9. The quantitative estimate of drug-likeness (QED) is 0.0222. The van der Waals surface area contributed by atoms with E-state index in [9.17, 15) is 43.2 Å². The Morgan fingerprint density at radius 2 is 0.535 bits per heavy atom. The molecule has 0 bridgehead atoms. The van der Waals surface area contributed by atoms with Crippen molar-refractivity contribution in [2.24, 2.45) is 11.8 Å². The van der Waals surface area contributed by atoms with Crippen LogP contribution in [-0.2, 0) is 65.4 Å². The predicted octanol–water partition coefficient (Wildman–Crippen LogP) is 18.8. The van der Waals surface area contributed by atoms with E-state index in [1.165, 1.54) is 148 Å². The minimum Gasteiger partial charge on any atom is -0.462 e. The summed E-state index contributed by atoms with van der Waals surface area (Å²) in [5.74, 6) is -0.663. The molecule has 3 N–H and O–H groups in total. The van der Waals surface area contributed by atoms with Gasteiger partial charge in [0, 0.05) is 25.7 Å². The van der Waals surface area contributed by atoms with Gasteiger partial charge >= 0.3 is 39.5 Å². The van der Waals surface area contributed by atoms with E-state index in [1.54, 1.807) is 0 Å². The van der Waals surface area contributed by atoms with Gasteiger partial charge in [0.05, 0.1) is 26.4 Å². The Kier molecular flexibility index (Phi) is 58.0. The number of ether oxygens (including phenoxy) is 4. The third-order valence-electron chi connectivity index (χ3n) is 15.5. The van der Waals surface area contributed by atoms with Gasteiger partial charge in [-0.25, -0.2) is 9.13 Å². The summed E-state index contributed by atoms with van der Waals surface area (Å²) < 4.78 is 67.9. The van der Waals surface area contributed by atoms with Crippen LogP contribution in [-0.4, -0.2) is 96.7 Å². The summed E-state index contributed by atoms with van der Waals surface area (Å²) >= 11 is 0. The van der Waals surface area contributed by atoms with E-state index in [0.29, 0.717) is 31.6 Å². The van der Waals surface area contributed by atoms with Gasteiger partial charge in [-0.15, -0.1) is 0 Å². The molecular formula is C67H130O17P2. The van der Waals surface area contributed by atoms with Crippen LogP contribution in [0.25, 0.3) is 0 Å². The lowest BCUT2D eigenvalue weighted by atomic mass is 10.0. The van der Waals surface area contributed by atoms with E-state index in [2.05, 4.69) is 41.5 Å². The lowest BCUT2D eigenvalue weighted by Gasteiger charge is -2.21. The summed E-state index contributed by atoms with van der Waals surface area (Å²) in [6, 6.07) is 0. The molecule has 0 amide bonds. The van der Waals surface area contributed by atoms with Crippen LogP contribution in [0.5, 0.6) is 0 Å². The highest BCUT2D eigenvalue weighted by molar-refractivity contribution is 7.47. The average Bonchev–Trinajstić information content (AvgIpc) is 3.68. The van der Waals surface area contributed by atoms with Gasteiger partial charge in [-0.2, -0.15) is 0 Å². The molecular weight excluding hydrogens is 1140 g/mol. The van der Waals surface area contributed by atoms with Gasteiger partial charge in [0.1, 0.15) is 19.3 Å². The number of phosphoric acid groups is 2. The van der Waals surface area contributed by atoms with E-state index in [1.807, 2.05) is 0 Å². The Morgan fingerprint density at radius 1 is 0.314 bits per heavy atom. The molecule has 17 nitrogen and oxygen atoms in total. The number of aliphatic hydroxyl groups is 1. The number of unbranched alkanes of at least 4 members (excludes halogenated alkanes) is 36. The summed E-state index contributed by atoms with van der Waals surface area (Å²) in [7, 11) is -9.88. The van der Waals surface area contributed by atoms with Gasteiger partial charge in [0.15, 0.2) is 12.2 Å². The second-order valence-corrected chi connectivity index (χ2v) is 28.1. The number of aliphatic hydroxyl groups excluding tert-OH is 1. The second-order valence-electron chi connectivity index (χ2n) is 25.2. The molecule has 19 heteroatoms. The van der Waals surface area contributed by atoms with Crippen LogP contribution in [0.4, 0.5) is 0 Å². The van der Waals surface area contributed by atoms with Crippen LogP contribution in [0, 0.1) is 11.8 Å². The molecule has 86 heavy (non-hydrogen) atoms. The van der Waals surface area contributed by atoms with Crippen molar-refractivity contribution in [2.75, 3.05) is 39.6 Å². The molecule has 0 aliphatic heterocycles. The van der Waals surface area contributed by atoms with Crippen molar-refractivity contribution in [3.05, 3.63) is 0 Å². The lowest BCUT2D eigenvalue weighted by Crippen LogP contribution is -2.30. The van der Waals surface area contributed by atoms with Crippen LogP contribution in [0.15, 0.2) is 0 Å². The maximum Gasteiger partial charge on any atom is 0.472 e. The van der Waals surface area contributed by atoms with Gasteiger partial charge < -0.3 is 33.8 Å². The van der Waals surface area contributed by atoms with Crippen LogP contribution in [0.3, 0.4) is 0 Å². The van der Waals surface area contributed by atoms with Gasteiger partial charge in [-0.3, -0.25) is 37.3 Å². The van der Waals surface area contributed by atoms with E-state index in [-0.39, 0.29) is 25.7 Å². The summed E-state index contributed by atoms with van der Waals surface area (Å²) in [6.07, 6.45) is 43.5. The number of phosphoric ester groups is 2. The molecule has 0 aromatic rings. The minimum absolute atomic E-state index is 0.103. The fourth-order valence-electron chi connectivity index (χ4n) is 10.1. The SMILES string of the molecule is CCCCCCCCCCCCCCCCCCC(=O)O[C@H](COC(=O)CCCCCCCCCCCCCCC(C)C)COP(=O)(O)OC[C@@H](O)COP(=O)(O)OC[C@@H](COC(=O)CCCCCCC)OC(=O)CCCCCCCCCC(C)C. The van der Waals surface area contributed by atoms with Crippen molar-refractivity contribution in [1.29, 1.82) is 0 Å². The van der Waals surface area contributed by atoms with Gasteiger partial charge in [-0.05, 0) is 37.5 Å². The maximum atomic E-state index is 13.0. The lowest BCUT2D eigenvalue weighted by molar-refractivity contribution is -0.161. The molecule has 0 heterocycles. The van der Waals surface area contributed by atoms with Crippen molar-refractivity contribution < 1.29 is 80.2 Å². The number of hydrogen-bond donors (Lipinski definition) is 3. The Morgan fingerprint density at radius 3 is 0.791 bits per heavy atom. The number of hydrogen-bond acceptors (Lipinski definition) is 15. The van der Waals surface area contributed by atoms with Crippen LogP contribution in [0.2, 0.25) is 0 Å². The molecule has 0 aliphatic rings. The number of rotatable bonds is 66. The number of esters is 4. The van der Waals surface area contributed by atoms with Gasteiger partial charge in [-0.1, -0.05) is 286 Å². The zero-order valence-corrected chi connectivity index (χ0v) is 57.4. The predicted molar refractivity (Wildman–Crippen MR) is 345 cm³/mol. The average molecular weight is 1270 g/mol. The third-order valence-corrected chi connectivity index (χ3v) is 17.4. The van der Waals surface area contributed by atoms with Crippen LogP contribution >= 0.6 is 15.6 Å². The topological polar surface area (TPSA) is 237 Å². The van der Waals surface area contributed by atoms with Gasteiger partial charge in [0.25, 0.3) is 0 Å². The van der Waals surface area contributed by atoms with Crippen molar-refractivity contribution in [1.82, 2.24) is 0 Å². The highest BCUT2D eigenvalue weighted by Crippen LogP contribution is 2.45. The molecule has 0 radical (unpaired) electrons. The standard InChI is InChI=1S/C67H130O17P2/c1-7-9-11-13-14-15-16-17-18-19-20-25-28-33-39-45-51-66(71)84-63(56-78-65(70)50-44-38-32-27-24-22-21-23-26-30-36-41-47-59(3)4)58-82-86(75,76)80-54-61(68)53-79-85(73,74)81-57-62(55-77-64(69)49-43-35-12-10-8-2)83-67(72)52-46-40-34-29-31-37-42-48-60(5)6/h59-63,68H,7-58H2,1-6H3,(H,73,74)(H,75,76)/t61-,62+,63+/m0/s1. The molecule has 0 saturated heterocycles. The maximum absolute atomic E-state index is 13.0. The molecule has 510 valence electrons. The molecule has 0 fully saturated rings. The molecule has 0 spiro atoms. The molecule has 5 atom stereocenters. The Hall–Kier alpha value is -1.94. The fourth-order valence-corrected chi connectivity index (χ4v) is 11.6. The van der Waals surface area contributed by atoms with Crippen molar-refractivity contribution >= 4 is 39.5 Å². The van der Waals surface area contributed by atoms with E-state index < -0.39 is 97.5 Å². The van der Waals surface area contributed by atoms with E-state index in [4.69, 9.17) is 37.0 Å². The highest BCUT2D eigenvalue weighted by Gasteiger charge is 2.30. The summed E-state index contributed by atoms with van der Waals surface area (Å²) in [6.45, 7) is 9.38. The molecule has 0 aromatic heterocycles. The van der Waals surface area contributed by atoms with Crippen LogP contribution in [0.1, 0.15) is 337 Å². The van der Waals surface area contributed by atoms with Gasteiger partial charge in [0.2, 0.25) is 0 Å². The largest absolute Gasteiger partial charge is 0.472 e. The first-order valence-corrected chi connectivity index (χ1v) is 38.0.